The first-order valence-electron chi connectivity index (χ1n) is 5.61. The topological polar surface area (TPSA) is 58.1 Å². The minimum atomic E-state index is -0.00931. The molecule has 1 aliphatic rings. The summed E-state index contributed by atoms with van der Waals surface area (Å²) in [5.41, 5.74) is 0.463. The standard InChI is InChI=1S/C10H16N4OS/c1-2-14(7-8-4-3-5-11-8)10(15)9-6-12-16-13-9/h6,8,11H,2-5,7H2,1H3. The zero-order valence-electron chi connectivity index (χ0n) is 9.35. The maximum absolute atomic E-state index is 12.0. The highest BCUT2D eigenvalue weighted by Crippen LogP contribution is 2.09. The van der Waals surface area contributed by atoms with Crippen LogP contribution in [0.3, 0.4) is 0 Å². The van der Waals surface area contributed by atoms with Gasteiger partial charge in [-0.2, -0.15) is 8.75 Å². The maximum atomic E-state index is 12.0. The second kappa shape index (κ2) is 5.36. The van der Waals surface area contributed by atoms with Crippen LogP contribution in [0.4, 0.5) is 0 Å². The predicted octanol–water partition coefficient (Wildman–Crippen LogP) is 0.752. The molecule has 1 aromatic rings. The molecule has 0 spiro atoms. The van der Waals surface area contributed by atoms with Crippen molar-refractivity contribution in [3.63, 3.8) is 0 Å². The van der Waals surface area contributed by atoms with Crippen LogP contribution in [0.1, 0.15) is 30.3 Å². The van der Waals surface area contributed by atoms with Gasteiger partial charge in [0.05, 0.1) is 17.9 Å². The lowest BCUT2D eigenvalue weighted by molar-refractivity contribution is 0.0746. The van der Waals surface area contributed by atoms with Crippen molar-refractivity contribution in [2.24, 2.45) is 0 Å². The lowest BCUT2D eigenvalue weighted by Crippen LogP contribution is -2.41. The molecule has 6 heteroatoms. The van der Waals surface area contributed by atoms with Crippen LogP contribution in [-0.4, -0.2) is 45.2 Å². The molecule has 5 nitrogen and oxygen atoms in total. The number of nitrogens with one attached hydrogen (secondary N) is 1. The molecule has 16 heavy (non-hydrogen) atoms. The van der Waals surface area contributed by atoms with Gasteiger partial charge in [0.15, 0.2) is 5.69 Å². The zero-order valence-corrected chi connectivity index (χ0v) is 10.2. The zero-order chi connectivity index (χ0) is 11.4. The molecule has 2 heterocycles. The van der Waals surface area contributed by atoms with E-state index >= 15 is 0 Å². The first-order chi connectivity index (χ1) is 7.81. The van der Waals surface area contributed by atoms with E-state index in [-0.39, 0.29) is 5.91 Å². The molecule has 1 fully saturated rings. The van der Waals surface area contributed by atoms with E-state index in [1.807, 2.05) is 11.8 Å². The summed E-state index contributed by atoms with van der Waals surface area (Å²) in [6.07, 6.45) is 3.89. The fourth-order valence-electron chi connectivity index (χ4n) is 1.96. The van der Waals surface area contributed by atoms with E-state index in [9.17, 15) is 4.79 Å². The number of nitrogens with zero attached hydrogens (tertiary/aromatic N) is 3. The molecular weight excluding hydrogens is 224 g/mol. The van der Waals surface area contributed by atoms with E-state index in [2.05, 4.69) is 14.1 Å². The Hall–Kier alpha value is -1.01. The molecular formula is C10H16N4OS. The van der Waals surface area contributed by atoms with Crippen molar-refractivity contribution >= 4 is 17.6 Å². The monoisotopic (exact) mass is 240 g/mol. The van der Waals surface area contributed by atoms with Crippen LogP contribution in [0.2, 0.25) is 0 Å². The highest BCUT2D eigenvalue weighted by molar-refractivity contribution is 6.99. The SMILES string of the molecule is CCN(CC1CCCN1)C(=O)c1cnsn1. The third-order valence-electron chi connectivity index (χ3n) is 2.85. The molecule has 1 atom stereocenters. The van der Waals surface area contributed by atoms with Gasteiger partial charge in [-0.25, -0.2) is 0 Å². The first-order valence-corrected chi connectivity index (χ1v) is 6.34. The molecule has 1 aromatic heterocycles. The van der Waals surface area contributed by atoms with Gasteiger partial charge in [0.2, 0.25) is 0 Å². The van der Waals surface area contributed by atoms with Gasteiger partial charge in [-0.15, -0.1) is 0 Å². The van der Waals surface area contributed by atoms with Crippen molar-refractivity contribution in [1.29, 1.82) is 0 Å². The van der Waals surface area contributed by atoms with Crippen molar-refractivity contribution in [3.8, 4) is 0 Å². The molecule has 1 amide bonds. The largest absolute Gasteiger partial charge is 0.336 e. The molecule has 1 aliphatic heterocycles. The van der Waals surface area contributed by atoms with E-state index in [1.165, 1.54) is 12.6 Å². The van der Waals surface area contributed by atoms with Crippen molar-refractivity contribution in [2.75, 3.05) is 19.6 Å². The van der Waals surface area contributed by atoms with Gasteiger partial charge >= 0.3 is 0 Å². The lowest BCUT2D eigenvalue weighted by Gasteiger charge is -2.23. The summed E-state index contributed by atoms with van der Waals surface area (Å²) in [4.78, 5) is 13.9. The van der Waals surface area contributed by atoms with Gasteiger partial charge < -0.3 is 10.2 Å². The minimum Gasteiger partial charge on any atom is -0.336 e. The van der Waals surface area contributed by atoms with Crippen molar-refractivity contribution in [3.05, 3.63) is 11.9 Å². The quantitative estimate of drug-likeness (QED) is 0.844. The summed E-state index contributed by atoms with van der Waals surface area (Å²) < 4.78 is 7.84. The average Bonchev–Trinajstić information content (AvgIpc) is 2.97. The summed E-state index contributed by atoms with van der Waals surface area (Å²) >= 11 is 1.08. The summed E-state index contributed by atoms with van der Waals surface area (Å²) in [6.45, 7) is 4.54. The number of hydrogen-bond acceptors (Lipinski definition) is 5. The van der Waals surface area contributed by atoms with Gasteiger partial charge in [0, 0.05) is 19.1 Å². The Bertz CT molecular complexity index is 335. The van der Waals surface area contributed by atoms with Crippen molar-refractivity contribution < 1.29 is 4.79 Å². The van der Waals surface area contributed by atoms with Crippen LogP contribution < -0.4 is 5.32 Å². The Labute approximate surface area is 99.2 Å². The molecule has 1 N–H and O–H groups in total. The fraction of sp³-hybridized carbons (Fsp3) is 0.700. The summed E-state index contributed by atoms with van der Waals surface area (Å²) in [7, 11) is 0. The van der Waals surface area contributed by atoms with Crippen LogP contribution in [0.15, 0.2) is 6.20 Å². The lowest BCUT2D eigenvalue weighted by atomic mass is 10.2. The average molecular weight is 240 g/mol. The fourth-order valence-corrected chi connectivity index (χ4v) is 2.36. The van der Waals surface area contributed by atoms with Crippen LogP contribution in [0.5, 0.6) is 0 Å². The Balaban J connectivity index is 1.96. The van der Waals surface area contributed by atoms with E-state index in [0.717, 1.165) is 31.2 Å². The predicted molar refractivity (Wildman–Crippen MR) is 62.5 cm³/mol. The second-order valence-corrected chi connectivity index (χ2v) is 4.49. The van der Waals surface area contributed by atoms with E-state index in [1.54, 1.807) is 0 Å². The number of amides is 1. The van der Waals surface area contributed by atoms with Gasteiger partial charge in [-0.05, 0) is 26.3 Å². The number of carbonyl (C=O) groups is 1. The summed E-state index contributed by atoms with van der Waals surface area (Å²) in [5, 5.41) is 3.39. The van der Waals surface area contributed by atoms with E-state index in [4.69, 9.17) is 0 Å². The molecule has 0 saturated carbocycles. The second-order valence-electron chi connectivity index (χ2n) is 3.93. The Morgan fingerprint density at radius 1 is 1.75 bits per heavy atom. The maximum Gasteiger partial charge on any atom is 0.275 e. The van der Waals surface area contributed by atoms with Crippen molar-refractivity contribution in [2.45, 2.75) is 25.8 Å². The highest BCUT2D eigenvalue weighted by Gasteiger charge is 2.22. The molecule has 1 saturated heterocycles. The van der Waals surface area contributed by atoms with Crippen LogP contribution >= 0.6 is 11.7 Å². The molecule has 2 rings (SSSR count). The molecule has 0 radical (unpaired) electrons. The first kappa shape index (κ1) is 11.5. The number of carbonyl (C=O) groups excluding carboxylic acids is 1. The smallest absolute Gasteiger partial charge is 0.275 e. The van der Waals surface area contributed by atoms with Crippen LogP contribution in [-0.2, 0) is 0 Å². The van der Waals surface area contributed by atoms with Gasteiger partial charge in [0.1, 0.15) is 0 Å². The third-order valence-corrected chi connectivity index (χ3v) is 3.33. The third kappa shape index (κ3) is 2.56. The van der Waals surface area contributed by atoms with Gasteiger partial charge in [-0.3, -0.25) is 4.79 Å². The molecule has 0 bridgehead atoms. The van der Waals surface area contributed by atoms with Crippen LogP contribution in [0.25, 0.3) is 0 Å². The Morgan fingerprint density at radius 3 is 3.19 bits per heavy atom. The van der Waals surface area contributed by atoms with Crippen LogP contribution in [0, 0.1) is 0 Å². The minimum absolute atomic E-state index is 0.00931. The van der Waals surface area contributed by atoms with Gasteiger partial charge in [-0.1, -0.05) is 0 Å². The van der Waals surface area contributed by atoms with Gasteiger partial charge in [0.25, 0.3) is 5.91 Å². The number of aromatic nitrogens is 2. The van der Waals surface area contributed by atoms with E-state index < -0.39 is 0 Å². The Kier molecular flexibility index (Phi) is 3.84. The number of likely N-dealkylation sites (N-methyl/N-ethyl adjacent to an activating group) is 1. The Morgan fingerprint density at radius 2 is 2.62 bits per heavy atom. The van der Waals surface area contributed by atoms with Crippen molar-refractivity contribution in [1.82, 2.24) is 19.0 Å². The molecule has 0 aliphatic carbocycles. The summed E-state index contributed by atoms with van der Waals surface area (Å²) in [5.74, 6) is -0.00931. The normalized spacial score (nSPS) is 19.9. The summed E-state index contributed by atoms with van der Waals surface area (Å²) in [6, 6.07) is 0.440. The highest BCUT2D eigenvalue weighted by atomic mass is 32.1. The molecule has 1 unspecified atom stereocenters. The molecule has 0 aromatic carbocycles. The van der Waals surface area contributed by atoms with E-state index in [0.29, 0.717) is 18.3 Å². The number of hydrogen-bond donors (Lipinski definition) is 1. The number of rotatable bonds is 4. The molecule has 88 valence electrons.